The summed E-state index contributed by atoms with van der Waals surface area (Å²) in [5.74, 6) is 0.617. The molecule has 2 aliphatic rings. The van der Waals surface area contributed by atoms with Crippen LogP contribution in [-0.4, -0.2) is 21.8 Å². The van der Waals surface area contributed by atoms with Crippen molar-refractivity contribution in [3.05, 3.63) is 257 Å². The molecule has 0 bridgehead atoms. The summed E-state index contributed by atoms with van der Waals surface area (Å²) in [6.07, 6.45) is 2.10. The molecule has 10 aromatic carbocycles. The molecule has 2 aliphatic carbocycles. The topological polar surface area (TPSA) is 39.3 Å². The van der Waals surface area contributed by atoms with Crippen LogP contribution in [0.1, 0.15) is 22.3 Å². The molecule has 1 N–H and O–H groups in total. The van der Waals surface area contributed by atoms with Gasteiger partial charge in [-0.3, -0.25) is 0 Å². The van der Waals surface area contributed by atoms with E-state index in [0.717, 1.165) is 40.3 Å². The Morgan fingerprint density at radius 3 is 1.41 bits per heavy atom. The number of rotatable bonds is 5. The third kappa shape index (κ3) is 7.49. The molecule has 0 atom stereocenters. The lowest BCUT2D eigenvalue weighted by Crippen LogP contribution is -1.99. The van der Waals surface area contributed by atoms with Crippen molar-refractivity contribution in [1.29, 1.82) is 0 Å². The molecule has 1 radical (unpaired) electrons. The lowest BCUT2D eigenvalue weighted by atomic mass is 9.98. The van der Waals surface area contributed by atoms with E-state index in [4.69, 9.17) is 9.68 Å². The highest BCUT2D eigenvalue weighted by molar-refractivity contribution is 9.10. The Hall–Kier alpha value is -7.90. The first-order chi connectivity index (χ1) is 33.6. The number of para-hydroxylation sites is 4. The van der Waals surface area contributed by atoms with Crippen LogP contribution < -0.4 is 4.65 Å². The molecule has 0 aliphatic heterocycles. The van der Waals surface area contributed by atoms with Crippen molar-refractivity contribution in [2.75, 3.05) is 0 Å². The fourth-order valence-corrected chi connectivity index (χ4v) is 10.8. The highest BCUT2D eigenvalue weighted by atomic mass is 79.9. The van der Waals surface area contributed by atoms with Crippen molar-refractivity contribution < 1.29 is 9.68 Å². The van der Waals surface area contributed by atoms with Gasteiger partial charge in [0.05, 0.1) is 22.1 Å². The van der Waals surface area contributed by atoms with E-state index >= 15 is 0 Å². The van der Waals surface area contributed by atoms with Gasteiger partial charge in [-0.05, 0) is 147 Å². The van der Waals surface area contributed by atoms with Crippen molar-refractivity contribution in [2.24, 2.45) is 0 Å². The average molecular weight is 939 g/mol. The number of benzene rings is 10. The van der Waals surface area contributed by atoms with E-state index in [-0.39, 0.29) is 0 Å². The first-order valence-electron chi connectivity index (χ1n) is 23.0. The van der Waals surface area contributed by atoms with E-state index in [2.05, 4.69) is 207 Å². The average Bonchev–Trinajstić information content (AvgIpc) is 4.14. The van der Waals surface area contributed by atoms with Gasteiger partial charge in [0.25, 0.3) is 0 Å². The van der Waals surface area contributed by atoms with Gasteiger partial charge in [-0.1, -0.05) is 168 Å². The molecule has 2 aromatic heterocycles. The number of hydrogen-bond acceptors (Lipinski definition) is 2. The Bertz CT molecular complexity index is 3840. The van der Waals surface area contributed by atoms with Crippen molar-refractivity contribution in [1.82, 2.24) is 9.13 Å². The molecule has 0 amide bonds. The monoisotopic (exact) mass is 937 g/mol. The van der Waals surface area contributed by atoms with Gasteiger partial charge >= 0.3 is 7.69 Å². The summed E-state index contributed by atoms with van der Waals surface area (Å²) >= 11 is 3.51. The predicted octanol–water partition coefficient (Wildman–Crippen LogP) is 15.7. The molecule has 0 saturated heterocycles. The lowest BCUT2D eigenvalue weighted by Gasteiger charge is -2.09. The van der Waals surface area contributed by atoms with Crippen molar-refractivity contribution in [3.63, 3.8) is 0 Å². The Morgan fingerprint density at radius 1 is 0.368 bits per heavy atom. The summed E-state index contributed by atoms with van der Waals surface area (Å²) in [6, 6.07) is 81.5. The minimum Gasteiger partial charge on any atom is -0.537 e. The smallest absolute Gasteiger partial charge is 0.537 e. The van der Waals surface area contributed by atoms with Gasteiger partial charge in [-0.15, -0.1) is 0 Å². The molecule has 0 unspecified atom stereocenters. The molecule has 14 rings (SSSR count). The molecule has 323 valence electrons. The third-order valence-corrected chi connectivity index (χ3v) is 13.9. The number of hydrogen-bond donors (Lipinski definition) is 1. The van der Waals surface area contributed by atoms with Crippen LogP contribution in [-0.2, 0) is 12.8 Å². The maximum Gasteiger partial charge on any atom is 0.569 e. The summed E-state index contributed by atoms with van der Waals surface area (Å²) in [5, 5.41) is 13.7. The van der Waals surface area contributed by atoms with E-state index in [0.29, 0.717) is 13.4 Å². The number of halogens is 1. The van der Waals surface area contributed by atoms with E-state index in [1.54, 1.807) is 0 Å². The highest BCUT2D eigenvalue weighted by Crippen LogP contribution is 2.41. The lowest BCUT2D eigenvalue weighted by molar-refractivity contribution is 0.454. The normalized spacial score (nSPS) is 11.9. The van der Waals surface area contributed by atoms with E-state index in [1.165, 1.54) is 87.6 Å². The van der Waals surface area contributed by atoms with Crippen LogP contribution in [0, 0.1) is 0 Å². The van der Waals surface area contributed by atoms with Crippen LogP contribution in [0.15, 0.2) is 235 Å². The molecular weight excluding hydrogens is 895 g/mol. The van der Waals surface area contributed by atoms with E-state index in [1.807, 2.05) is 48.5 Å². The zero-order valence-corrected chi connectivity index (χ0v) is 38.6. The van der Waals surface area contributed by atoms with Gasteiger partial charge in [-0.25, -0.2) is 0 Å². The number of nitrogens with zero attached hydrogens (tertiary/aromatic N) is 2. The molecular formula is C62H43BBrN2O2. The third-order valence-electron chi connectivity index (χ3n) is 13.4. The molecule has 0 saturated carbocycles. The molecule has 4 nitrogen and oxygen atoms in total. The number of fused-ring (bicyclic) bond motifs is 12. The van der Waals surface area contributed by atoms with Crippen molar-refractivity contribution >= 4 is 67.2 Å². The summed E-state index contributed by atoms with van der Waals surface area (Å²) in [5.41, 5.74) is 20.9. The van der Waals surface area contributed by atoms with E-state index in [9.17, 15) is 0 Å². The minimum atomic E-state index is 0.617. The molecule has 2 heterocycles. The maximum absolute atomic E-state index is 8.84. The Kier molecular flexibility index (Phi) is 10.8. The standard InChI is InChI=1S/C31H21N.C18H13BNO2.C13H9Br/c1-2-9-25(10-3-1)32-30-13-7-6-12-28(30)29-20-22(15-17-31(29)32)21-14-16-27-24(18-21)19-23-8-4-5-11-26(23)27;21-19-22-14-10-11-18-16(12-14)15-8-4-5-9-17(15)20(18)13-6-2-1-3-7-13;14-11-5-6-13-10(8-11)7-9-3-1-2-4-12(9)13/h1-18,20H,19H2;1-12,21H;1-6,8H,7H2. The molecule has 6 heteroatoms. The second-order valence-corrected chi connectivity index (χ2v) is 18.3. The predicted molar refractivity (Wildman–Crippen MR) is 286 cm³/mol. The Labute approximate surface area is 404 Å². The number of aromatic nitrogens is 2. The van der Waals surface area contributed by atoms with Crippen LogP contribution in [0.4, 0.5) is 0 Å². The maximum atomic E-state index is 8.84. The second kappa shape index (κ2) is 17.7. The highest BCUT2D eigenvalue weighted by Gasteiger charge is 2.20. The van der Waals surface area contributed by atoms with Crippen LogP contribution in [0.3, 0.4) is 0 Å². The van der Waals surface area contributed by atoms with Crippen molar-refractivity contribution in [2.45, 2.75) is 12.8 Å². The van der Waals surface area contributed by atoms with Gasteiger partial charge in [0.15, 0.2) is 0 Å². The van der Waals surface area contributed by atoms with Gasteiger partial charge in [-0.2, -0.15) is 0 Å². The largest absolute Gasteiger partial charge is 0.569 e. The van der Waals surface area contributed by atoms with Gasteiger partial charge in [0.1, 0.15) is 5.75 Å². The Morgan fingerprint density at radius 2 is 0.809 bits per heavy atom. The Balaban J connectivity index is 0.000000115. The summed E-state index contributed by atoms with van der Waals surface area (Å²) < 4.78 is 10.9. The summed E-state index contributed by atoms with van der Waals surface area (Å²) in [7, 11) is 0.706. The SMILES string of the molecule is Brc1ccc2c(c1)Cc1ccccc1-2.O[B]Oc1ccc2c(c1)c1ccccc1n2-c1ccccc1.c1ccc(-n2c3ccccc3c3cc(-c4ccc5c(c4)Cc4ccccc4-5)ccc32)cc1. The minimum absolute atomic E-state index is 0.617. The van der Waals surface area contributed by atoms with Crippen LogP contribution >= 0.6 is 15.9 Å². The van der Waals surface area contributed by atoms with E-state index < -0.39 is 0 Å². The summed E-state index contributed by atoms with van der Waals surface area (Å²) in [4.78, 5) is 0. The quantitative estimate of drug-likeness (QED) is 0.175. The molecule has 0 spiro atoms. The second-order valence-electron chi connectivity index (χ2n) is 17.4. The van der Waals surface area contributed by atoms with Gasteiger partial charge in [0, 0.05) is 37.4 Å². The first kappa shape index (κ1) is 41.5. The molecule has 68 heavy (non-hydrogen) atoms. The van der Waals surface area contributed by atoms with Gasteiger partial charge in [0.2, 0.25) is 0 Å². The molecule has 12 aromatic rings. The fourth-order valence-electron chi connectivity index (χ4n) is 10.4. The zero-order valence-electron chi connectivity index (χ0n) is 37.1. The molecule has 0 fully saturated rings. The van der Waals surface area contributed by atoms with Gasteiger partial charge < -0.3 is 18.8 Å². The van der Waals surface area contributed by atoms with Crippen LogP contribution in [0.25, 0.3) is 88.4 Å². The fraction of sp³-hybridized carbons (Fsp3) is 0.0323. The van der Waals surface area contributed by atoms with Crippen LogP contribution in [0.2, 0.25) is 0 Å². The zero-order chi connectivity index (χ0) is 45.6. The first-order valence-corrected chi connectivity index (χ1v) is 23.8. The summed E-state index contributed by atoms with van der Waals surface area (Å²) in [6.45, 7) is 0. The van der Waals surface area contributed by atoms with Crippen molar-refractivity contribution in [3.8, 4) is 50.5 Å². The van der Waals surface area contributed by atoms with Crippen LogP contribution in [0.5, 0.6) is 5.75 Å².